The van der Waals surface area contributed by atoms with Gasteiger partial charge in [-0.2, -0.15) is 8.42 Å². The Morgan fingerprint density at radius 3 is 2.33 bits per heavy atom. The van der Waals surface area contributed by atoms with Crippen molar-refractivity contribution in [1.82, 2.24) is 4.90 Å². The van der Waals surface area contributed by atoms with Crippen LogP contribution in [0.15, 0.2) is 24.3 Å². The highest BCUT2D eigenvalue weighted by atomic mass is 32.2. The van der Waals surface area contributed by atoms with Crippen LogP contribution >= 0.6 is 0 Å². The van der Waals surface area contributed by atoms with Crippen molar-refractivity contribution in [3.05, 3.63) is 29.8 Å². The van der Waals surface area contributed by atoms with E-state index in [1.165, 1.54) is 0 Å². The molecule has 0 spiro atoms. The monoisotopic (exact) mass is 399 g/mol. The van der Waals surface area contributed by atoms with Crippen LogP contribution in [0, 0.1) is 5.92 Å². The van der Waals surface area contributed by atoms with E-state index in [0.717, 1.165) is 43.9 Å². The van der Waals surface area contributed by atoms with Gasteiger partial charge in [0.15, 0.2) is 0 Å². The highest BCUT2D eigenvalue weighted by Gasteiger charge is 2.22. The summed E-state index contributed by atoms with van der Waals surface area (Å²) in [6, 6.07) is 6.82. The molecule has 0 bridgehead atoms. The van der Waals surface area contributed by atoms with E-state index in [-0.39, 0.29) is 17.6 Å². The maximum absolute atomic E-state index is 13.0. The number of ether oxygens (including phenoxy) is 1. The first-order chi connectivity index (χ1) is 12.8. The fourth-order valence-corrected chi connectivity index (χ4v) is 3.38. The lowest BCUT2D eigenvalue weighted by Gasteiger charge is -2.27. The van der Waals surface area contributed by atoms with E-state index in [1.54, 1.807) is 31.4 Å². The summed E-state index contributed by atoms with van der Waals surface area (Å²) in [4.78, 5) is 14.9. The molecule has 0 heterocycles. The molecule has 0 saturated carbocycles. The number of hydrogen-bond acceptors (Lipinski definition) is 5. The molecule has 7 heteroatoms. The van der Waals surface area contributed by atoms with Gasteiger partial charge in [-0.15, -0.1) is 0 Å². The topological polar surface area (TPSA) is 72.9 Å². The summed E-state index contributed by atoms with van der Waals surface area (Å²) < 4.78 is 32.4. The maximum Gasteiger partial charge on any atom is 0.306 e. The van der Waals surface area contributed by atoms with Crippen molar-refractivity contribution in [2.24, 2.45) is 5.92 Å². The number of methoxy groups -OCH3 is 1. The molecular weight excluding hydrogens is 366 g/mol. The zero-order valence-corrected chi connectivity index (χ0v) is 17.8. The second kappa shape index (κ2) is 12.0. The molecule has 0 aromatic heterocycles. The van der Waals surface area contributed by atoms with Gasteiger partial charge in [-0.1, -0.05) is 38.8 Å². The van der Waals surface area contributed by atoms with Crippen molar-refractivity contribution >= 4 is 16.0 Å². The van der Waals surface area contributed by atoms with Crippen LogP contribution in [0.25, 0.3) is 0 Å². The average molecular weight is 400 g/mol. The van der Waals surface area contributed by atoms with Crippen molar-refractivity contribution in [3.8, 4) is 5.75 Å². The van der Waals surface area contributed by atoms with Gasteiger partial charge in [0, 0.05) is 32.7 Å². The number of nitrogens with zero attached hydrogens (tertiary/aromatic N) is 1. The third-order valence-electron chi connectivity index (χ3n) is 4.38. The first-order valence-electron chi connectivity index (χ1n) is 9.56. The summed E-state index contributed by atoms with van der Waals surface area (Å²) in [5.74, 6) is 0.492. The quantitative estimate of drug-likeness (QED) is 0.374. The van der Waals surface area contributed by atoms with E-state index in [0.29, 0.717) is 19.7 Å². The molecule has 0 fully saturated rings. The molecule has 0 saturated heterocycles. The molecule has 1 aromatic carbocycles. The molecule has 1 unspecified atom stereocenters. The molecule has 0 aliphatic rings. The fraction of sp³-hybridized carbons (Fsp3) is 0.650. The number of rotatable bonds is 13. The van der Waals surface area contributed by atoms with Crippen LogP contribution in [0.1, 0.15) is 51.5 Å². The number of benzene rings is 1. The van der Waals surface area contributed by atoms with E-state index in [9.17, 15) is 13.2 Å². The molecule has 154 valence electrons. The molecule has 0 aliphatic heterocycles. The van der Waals surface area contributed by atoms with E-state index in [1.807, 2.05) is 4.90 Å². The zero-order valence-electron chi connectivity index (χ0n) is 16.9. The summed E-state index contributed by atoms with van der Waals surface area (Å²) in [6.45, 7) is 5.93. The minimum absolute atomic E-state index is 0.0420. The van der Waals surface area contributed by atoms with Gasteiger partial charge in [0.2, 0.25) is 5.91 Å². The van der Waals surface area contributed by atoms with Gasteiger partial charge >= 0.3 is 10.1 Å². The van der Waals surface area contributed by atoms with Crippen LogP contribution < -0.4 is 4.18 Å². The van der Waals surface area contributed by atoms with Crippen LogP contribution in [0.4, 0.5) is 0 Å². The molecule has 1 aromatic rings. The zero-order chi connectivity index (χ0) is 20.3. The summed E-state index contributed by atoms with van der Waals surface area (Å²) >= 11 is 0. The van der Waals surface area contributed by atoms with Crippen molar-refractivity contribution in [2.75, 3.05) is 26.5 Å². The number of carbonyl (C=O) groups is 1. The van der Waals surface area contributed by atoms with Crippen molar-refractivity contribution in [3.63, 3.8) is 0 Å². The standard InChI is InChI=1S/C20H33NO5S/c1-5-7-9-18(6-2)20(22)21(14-8-15-25-3)16-17-10-12-19(13-11-17)26-27(4,23)24/h10-13,18H,5-9,14-16H2,1-4H3. The van der Waals surface area contributed by atoms with E-state index in [4.69, 9.17) is 8.92 Å². The fourth-order valence-electron chi connectivity index (χ4n) is 2.92. The van der Waals surface area contributed by atoms with Crippen LogP contribution in [0.3, 0.4) is 0 Å². The lowest BCUT2D eigenvalue weighted by Crippen LogP contribution is -2.36. The Kier molecular flexibility index (Phi) is 10.4. The molecule has 1 rings (SSSR count). The van der Waals surface area contributed by atoms with Crippen LogP contribution in [0.2, 0.25) is 0 Å². The van der Waals surface area contributed by atoms with Gasteiger partial charge < -0.3 is 13.8 Å². The Labute approximate surface area is 164 Å². The number of amides is 1. The number of unbranched alkanes of at least 4 members (excludes halogenated alkanes) is 1. The predicted octanol–water partition coefficient (Wildman–Crippen LogP) is 3.61. The number of carbonyl (C=O) groups excluding carboxylic acids is 1. The molecule has 0 N–H and O–H groups in total. The molecule has 0 radical (unpaired) electrons. The molecule has 6 nitrogen and oxygen atoms in total. The van der Waals surface area contributed by atoms with Crippen molar-refractivity contribution in [1.29, 1.82) is 0 Å². The Bertz CT molecular complexity index is 657. The summed E-state index contributed by atoms with van der Waals surface area (Å²) in [6.07, 6.45) is 5.66. The van der Waals surface area contributed by atoms with Crippen LogP contribution in [-0.4, -0.2) is 45.7 Å². The molecule has 1 atom stereocenters. The second-order valence-electron chi connectivity index (χ2n) is 6.78. The maximum atomic E-state index is 13.0. The van der Waals surface area contributed by atoms with Crippen molar-refractivity contribution < 1.29 is 22.1 Å². The third-order valence-corrected chi connectivity index (χ3v) is 4.88. The Balaban J connectivity index is 2.85. The lowest BCUT2D eigenvalue weighted by molar-refractivity contribution is -0.136. The Morgan fingerprint density at radius 1 is 1.15 bits per heavy atom. The molecule has 27 heavy (non-hydrogen) atoms. The smallest absolute Gasteiger partial charge is 0.306 e. The normalized spacial score (nSPS) is 12.6. The van der Waals surface area contributed by atoms with Gasteiger partial charge in [0.1, 0.15) is 5.75 Å². The lowest BCUT2D eigenvalue weighted by atomic mass is 9.97. The van der Waals surface area contributed by atoms with Gasteiger partial charge in [-0.05, 0) is 37.0 Å². The SMILES string of the molecule is CCCCC(CC)C(=O)N(CCCOC)Cc1ccc(OS(C)(=O)=O)cc1. The molecule has 0 aliphatic carbocycles. The Morgan fingerprint density at radius 2 is 1.81 bits per heavy atom. The summed E-state index contributed by atoms with van der Waals surface area (Å²) in [7, 11) is -1.89. The first kappa shape index (κ1) is 23.4. The van der Waals surface area contributed by atoms with Gasteiger partial charge in [0.05, 0.1) is 6.26 Å². The third kappa shape index (κ3) is 9.24. The minimum Gasteiger partial charge on any atom is -0.385 e. The second-order valence-corrected chi connectivity index (χ2v) is 8.36. The first-order valence-corrected chi connectivity index (χ1v) is 11.4. The van der Waals surface area contributed by atoms with Gasteiger partial charge in [-0.3, -0.25) is 4.79 Å². The largest absolute Gasteiger partial charge is 0.385 e. The highest BCUT2D eigenvalue weighted by molar-refractivity contribution is 7.86. The average Bonchev–Trinajstić information content (AvgIpc) is 2.61. The summed E-state index contributed by atoms with van der Waals surface area (Å²) in [5, 5.41) is 0. The van der Waals surface area contributed by atoms with Crippen molar-refractivity contribution in [2.45, 2.75) is 52.5 Å². The highest BCUT2D eigenvalue weighted by Crippen LogP contribution is 2.20. The predicted molar refractivity (Wildman–Crippen MR) is 107 cm³/mol. The summed E-state index contributed by atoms with van der Waals surface area (Å²) in [5.41, 5.74) is 0.937. The van der Waals surface area contributed by atoms with Gasteiger partial charge in [-0.25, -0.2) is 0 Å². The Hall–Kier alpha value is -1.60. The van der Waals surface area contributed by atoms with Gasteiger partial charge in [0.25, 0.3) is 0 Å². The molecular formula is C20H33NO5S. The minimum atomic E-state index is -3.54. The van der Waals surface area contributed by atoms with E-state index >= 15 is 0 Å². The number of hydrogen-bond donors (Lipinski definition) is 0. The van der Waals surface area contributed by atoms with Crippen LogP contribution in [0.5, 0.6) is 5.75 Å². The van der Waals surface area contributed by atoms with E-state index < -0.39 is 10.1 Å². The van der Waals surface area contributed by atoms with E-state index in [2.05, 4.69) is 13.8 Å². The molecule has 1 amide bonds. The van der Waals surface area contributed by atoms with Crippen LogP contribution in [-0.2, 0) is 26.2 Å².